The number of carbonyl (C=O) groups excluding carboxylic acids is 2. The summed E-state index contributed by atoms with van der Waals surface area (Å²) < 4.78 is 20.2. The Kier molecular flexibility index (Phi) is 9.51. The number of aliphatic hydroxyl groups excluding tert-OH is 1. The van der Waals surface area contributed by atoms with Crippen LogP contribution < -0.4 is 5.32 Å². The predicted octanol–water partition coefficient (Wildman–Crippen LogP) is 5.68. The first-order valence-electron chi connectivity index (χ1n) is 13.4. The number of nitrogens with one attached hydrogen (secondary N) is 1. The Hall–Kier alpha value is -3.30. The molecule has 212 valence electrons. The lowest BCUT2D eigenvalue weighted by Gasteiger charge is -2.38. The fourth-order valence-electron chi connectivity index (χ4n) is 4.64. The largest absolute Gasteiger partial charge is 0.444 e. The lowest BCUT2D eigenvalue weighted by atomic mass is 9.88. The first-order valence-corrected chi connectivity index (χ1v) is 13.4. The molecule has 0 saturated carbocycles. The fraction of sp³-hybridized carbons (Fsp3) is 0.500. The number of carbonyl (C=O) groups is 2. The van der Waals surface area contributed by atoms with E-state index in [4.69, 9.17) is 9.73 Å². The number of aliphatic imine (C=N–C) groups is 1. The molecule has 8 nitrogen and oxygen atoms in total. The molecule has 1 heterocycles. The van der Waals surface area contributed by atoms with Crippen LogP contribution in [0.2, 0.25) is 0 Å². The highest BCUT2D eigenvalue weighted by molar-refractivity contribution is 6.05. The smallest absolute Gasteiger partial charge is 0.414 e. The number of alkyl carbamates (subject to hydrolysis) is 1. The number of rotatable bonds is 8. The van der Waals surface area contributed by atoms with Crippen LogP contribution in [0, 0.1) is 5.82 Å². The Morgan fingerprint density at radius 2 is 1.82 bits per heavy atom. The second-order valence-electron chi connectivity index (χ2n) is 11.2. The van der Waals surface area contributed by atoms with E-state index in [9.17, 15) is 19.1 Å². The summed E-state index contributed by atoms with van der Waals surface area (Å²) in [5, 5.41) is 13.8. The zero-order valence-electron chi connectivity index (χ0n) is 24.0. The number of aliphatic hydroxyl groups is 1. The van der Waals surface area contributed by atoms with Gasteiger partial charge in [-0.1, -0.05) is 44.2 Å². The zero-order chi connectivity index (χ0) is 29.0. The van der Waals surface area contributed by atoms with Crippen LogP contribution >= 0.6 is 0 Å². The SMILES string of the molecule is CCC1(CC)CC(=O)N(Cc2cc(F)cc(C(O)N(C)[C@@H](C)c3ccccc3)c2)C(NC(=O)OC(C)(C)C)=N1. The molecule has 1 unspecified atom stereocenters. The molecule has 39 heavy (non-hydrogen) atoms. The third kappa shape index (κ3) is 7.64. The van der Waals surface area contributed by atoms with E-state index in [0.717, 1.165) is 5.56 Å². The van der Waals surface area contributed by atoms with Crippen molar-refractivity contribution in [2.24, 2.45) is 4.99 Å². The predicted molar refractivity (Wildman–Crippen MR) is 149 cm³/mol. The summed E-state index contributed by atoms with van der Waals surface area (Å²) in [4.78, 5) is 33.8. The van der Waals surface area contributed by atoms with Gasteiger partial charge in [0.05, 0.1) is 18.5 Å². The topological polar surface area (TPSA) is 94.5 Å². The van der Waals surface area contributed by atoms with E-state index in [1.807, 2.05) is 51.1 Å². The van der Waals surface area contributed by atoms with Crippen LogP contribution in [0.1, 0.15) is 89.8 Å². The Morgan fingerprint density at radius 3 is 2.41 bits per heavy atom. The van der Waals surface area contributed by atoms with Gasteiger partial charge in [-0.05, 0) is 82.5 Å². The van der Waals surface area contributed by atoms with Gasteiger partial charge in [-0.3, -0.25) is 19.9 Å². The van der Waals surface area contributed by atoms with Crippen LogP contribution in [-0.4, -0.2) is 51.1 Å². The molecule has 0 radical (unpaired) electrons. The fourth-order valence-corrected chi connectivity index (χ4v) is 4.64. The lowest BCUT2D eigenvalue weighted by molar-refractivity contribution is -0.130. The summed E-state index contributed by atoms with van der Waals surface area (Å²) in [6.45, 7) is 11.1. The third-order valence-electron chi connectivity index (χ3n) is 7.21. The van der Waals surface area contributed by atoms with Crippen LogP contribution in [0.3, 0.4) is 0 Å². The molecule has 9 heteroatoms. The number of ether oxygens (including phenoxy) is 1. The normalized spacial score (nSPS) is 17.0. The number of amides is 2. The van der Waals surface area contributed by atoms with Crippen LogP contribution in [0.15, 0.2) is 53.5 Å². The first kappa shape index (κ1) is 30.2. The molecule has 2 aromatic carbocycles. The Balaban J connectivity index is 1.90. The van der Waals surface area contributed by atoms with Gasteiger partial charge in [-0.15, -0.1) is 0 Å². The van der Waals surface area contributed by atoms with Gasteiger partial charge >= 0.3 is 6.09 Å². The van der Waals surface area contributed by atoms with Crippen LogP contribution in [0.5, 0.6) is 0 Å². The van der Waals surface area contributed by atoms with Crippen LogP contribution in [0.4, 0.5) is 9.18 Å². The van der Waals surface area contributed by atoms with Crippen LogP contribution in [0.25, 0.3) is 0 Å². The van der Waals surface area contributed by atoms with Gasteiger partial charge in [0.1, 0.15) is 17.6 Å². The van der Waals surface area contributed by atoms with Gasteiger partial charge in [-0.2, -0.15) is 0 Å². The van der Waals surface area contributed by atoms with Crippen molar-refractivity contribution >= 4 is 18.0 Å². The summed E-state index contributed by atoms with van der Waals surface area (Å²) in [5.74, 6) is -0.701. The summed E-state index contributed by atoms with van der Waals surface area (Å²) in [6.07, 6.45) is -0.418. The van der Waals surface area contributed by atoms with Crippen molar-refractivity contribution in [3.63, 3.8) is 0 Å². The van der Waals surface area contributed by atoms with Crippen molar-refractivity contribution in [1.82, 2.24) is 15.1 Å². The summed E-state index contributed by atoms with van der Waals surface area (Å²) in [7, 11) is 1.77. The number of benzene rings is 2. The molecule has 2 N–H and O–H groups in total. The van der Waals surface area contributed by atoms with Gasteiger partial charge < -0.3 is 9.84 Å². The quantitative estimate of drug-likeness (QED) is 0.420. The monoisotopic (exact) mass is 540 g/mol. The average molecular weight is 541 g/mol. The van der Waals surface area contributed by atoms with Crippen molar-refractivity contribution in [3.05, 3.63) is 71.0 Å². The van der Waals surface area contributed by atoms with Gasteiger partial charge in [0, 0.05) is 6.04 Å². The molecule has 2 amide bonds. The van der Waals surface area contributed by atoms with Gasteiger partial charge in [0.25, 0.3) is 0 Å². The molecular formula is C30H41FN4O4. The van der Waals surface area contributed by atoms with Crippen molar-refractivity contribution < 1.29 is 23.8 Å². The van der Waals surface area contributed by atoms with Crippen molar-refractivity contribution in [2.45, 2.75) is 90.8 Å². The molecule has 2 atom stereocenters. The maximum absolute atomic E-state index is 14.8. The highest BCUT2D eigenvalue weighted by Crippen LogP contribution is 2.32. The van der Waals surface area contributed by atoms with Crippen molar-refractivity contribution in [3.8, 4) is 0 Å². The maximum atomic E-state index is 14.8. The minimum atomic E-state index is -1.09. The first-order chi connectivity index (χ1) is 18.3. The molecule has 1 aliphatic heterocycles. The summed E-state index contributed by atoms with van der Waals surface area (Å²) >= 11 is 0. The minimum absolute atomic E-state index is 0.0353. The van der Waals surface area contributed by atoms with Gasteiger partial charge in [0.15, 0.2) is 0 Å². The van der Waals surface area contributed by atoms with Crippen molar-refractivity contribution in [1.29, 1.82) is 0 Å². The van der Waals surface area contributed by atoms with Crippen LogP contribution in [-0.2, 0) is 16.1 Å². The second kappa shape index (κ2) is 12.3. The Labute approximate surface area is 230 Å². The maximum Gasteiger partial charge on any atom is 0.414 e. The van der Waals surface area contributed by atoms with E-state index < -0.39 is 29.3 Å². The standard InChI is InChI=1S/C30H41FN4O4/c1-8-30(9-2)18-25(36)35(27(33-30)32-28(38)39-29(4,5)6)19-21-15-23(17-24(31)16-21)26(37)34(7)20(3)22-13-11-10-12-14-22/h10-17,20,26,37H,8-9,18-19H2,1-7H3,(H,32,33,38)/t20-,26?/m0/s1. The average Bonchev–Trinajstić information content (AvgIpc) is 2.88. The van der Waals surface area contributed by atoms with Gasteiger partial charge in [-0.25, -0.2) is 14.2 Å². The Bertz CT molecular complexity index is 1190. The van der Waals surface area contributed by atoms with E-state index in [1.54, 1.807) is 38.8 Å². The summed E-state index contributed by atoms with van der Waals surface area (Å²) in [6, 6.07) is 13.9. The van der Waals surface area contributed by atoms with E-state index in [-0.39, 0.29) is 30.9 Å². The highest BCUT2D eigenvalue weighted by Gasteiger charge is 2.39. The number of hydrogen-bond acceptors (Lipinski definition) is 6. The second-order valence-corrected chi connectivity index (χ2v) is 11.2. The molecule has 0 aromatic heterocycles. The number of halogens is 1. The molecule has 1 aliphatic rings. The molecule has 0 aliphatic carbocycles. The van der Waals surface area contributed by atoms with E-state index in [2.05, 4.69) is 5.32 Å². The molecule has 0 saturated heterocycles. The van der Waals surface area contributed by atoms with Crippen molar-refractivity contribution in [2.75, 3.05) is 7.05 Å². The zero-order valence-corrected chi connectivity index (χ0v) is 24.0. The number of hydrogen-bond donors (Lipinski definition) is 2. The highest BCUT2D eigenvalue weighted by atomic mass is 19.1. The van der Waals surface area contributed by atoms with E-state index in [1.165, 1.54) is 17.0 Å². The van der Waals surface area contributed by atoms with Gasteiger partial charge in [0.2, 0.25) is 11.9 Å². The van der Waals surface area contributed by atoms with E-state index >= 15 is 0 Å². The molecule has 0 fully saturated rings. The number of nitrogens with zero attached hydrogens (tertiary/aromatic N) is 3. The third-order valence-corrected chi connectivity index (χ3v) is 7.21. The summed E-state index contributed by atoms with van der Waals surface area (Å²) in [5.41, 5.74) is 0.445. The molecular weight excluding hydrogens is 499 g/mol. The molecule has 0 bridgehead atoms. The Morgan fingerprint density at radius 1 is 1.18 bits per heavy atom. The molecule has 2 aromatic rings. The lowest BCUT2D eigenvalue weighted by Crippen LogP contribution is -2.54. The minimum Gasteiger partial charge on any atom is -0.444 e. The molecule has 3 rings (SSSR count). The molecule has 0 spiro atoms. The van der Waals surface area contributed by atoms with E-state index in [0.29, 0.717) is 24.0 Å². The number of guanidine groups is 1.